The molecule has 2 N–H and O–H groups in total. The molecule has 1 aromatic carbocycles. The van der Waals surface area contributed by atoms with Crippen molar-refractivity contribution in [2.75, 3.05) is 20.1 Å². The van der Waals surface area contributed by atoms with Crippen LogP contribution in [-0.4, -0.2) is 49.0 Å². The van der Waals surface area contributed by atoms with E-state index in [1.807, 2.05) is 37.3 Å². The van der Waals surface area contributed by atoms with Gasteiger partial charge in [0.25, 0.3) is 0 Å². The first-order valence-corrected chi connectivity index (χ1v) is 9.10. The molecule has 27 heavy (non-hydrogen) atoms. The lowest BCUT2D eigenvalue weighted by atomic mass is 10.1. The molecule has 7 nitrogen and oxygen atoms in total. The summed E-state index contributed by atoms with van der Waals surface area (Å²) in [5, 5.41) is 5.34. The molecule has 7 heteroatoms. The van der Waals surface area contributed by atoms with Crippen LogP contribution >= 0.6 is 0 Å². The number of alkyl carbamates (subject to hydrolysis) is 1. The highest BCUT2D eigenvalue weighted by atomic mass is 16.5. The predicted octanol–water partition coefficient (Wildman–Crippen LogP) is 2.23. The molecule has 0 fully saturated rings. The van der Waals surface area contributed by atoms with Crippen LogP contribution in [0.15, 0.2) is 43.0 Å². The van der Waals surface area contributed by atoms with Crippen LogP contribution in [0.1, 0.15) is 31.7 Å². The first-order chi connectivity index (χ1) is 13.0. The van der Waals surface area contributed by atoms with Crippen LogP contribution in [0.3, 0.4) is 0 Å². The zero-order chi connectivity index (χ0) is 20.1. The number of likely N-dealkylation sites (N-methyl/N-ethyl adjacent to an activating group) is 1. The van der Waals surface area contributed by atoms with Gasteiger partial charge in [-0.25, -0.2) is 4.79 Å². The molecule has 1 aromatic rings. The van der Waals surface area contributed by atoms with Gasteiger partial charge in [0.15, 0.2) is 0 Å². The van der Waals surface area contributed by atoms with E-state index in [-0.39, 0.29) is 18.4 Å². The molecule has 0 heterocycles. The molecule has 0 aliphatic rings. The molecule has 0 unspecified atom stereocenters. The Morgan fingerprint density at radius 2 is 1.93 bits per heavy atom. The summed E-state index contributed by atoms with van der Waals surface area (Å²) in [6.07, 6.45) is 2.42. The summed E-state index contributed by atoms with van der Waals surface area (Å²) < 4.78 is 5.21. The number of nitrogens with zero attached hydrogens (tertiary/aromatic N) is 1. The fraction of sp³-hybridized carbons (Fsp3) is 0.450. The maximum atomic E-state index is 12.5. The fourth-order valence-corrected chi connectivity index (χ4v) is 2.34. The maximum Gasteiger partial charge on any atom is 0.408 e. The van der Waals surface area contributed by atoms with Gasteiger partial charge in [0.05, 0.1) is 0 Å². The van der Waals surface area contributed by atoms with Gasteiger partial charge in [-0.15, -0.1) is 0 Å². The largest absolute Gasteiger partial charge is 0.445 e. The van der Waals surface area contributed by atoms with Gasteiger partial charge in [-0.05, 0) is 37.8 Å². The van der Waals surface area contributed by atoms with Gasteiger partial charge in [0, 0.05) is 20.1 Å². The van der Waals surface area contributed by atoms with E-state index in [2.05, 4.69) is 17.2 Å². The lowest BCUT2D eigenvalue weighted by Gasteiger charge is -2.23. The van der Waals surface area contributed by atoms with Crippen molar-refractivity contribution in [3.63, 3.8) is 0 Å². The molecule has 1 atom stereocenters. The van der Waals surface area contributed by atoms with E-state index in [4.69, 9.17) is 4.74 Å². The van der Waals surface area contributed by atoms with Crippen molar-refractivity contribution < 1.29 is 19.1 Å². The summed E-state index contributed by atoms with van der Waals surface area (Å²) in [4.78, 5) is 37.2. The third-order valence-corrected chi connectivity index (χ3v) is 4.06. The number of unbranched alkanes of at least 4 members (excludes halogenated alkanes) is 1. The van der Waals surface area contributed by atoms with Crippen molar-refractivity contribution >= 4 is 17.9 Å². The SMILES string of the molecule is C=CC(=O)NCCCC[C@H](NC(=O)OCc1ccccc1)C(=O)N(C)CC. The lowest BCUT2D eigenvalue weighted by molar-refractivity contribution is -0.132. The van der Waals surface area contributed by atoms with Gasteiger partial charge in [0.1, 0.15) is 12.6 Å². The number of hydrogen-bond acceptors (Lipinski definition) is 4. The Hall–Kier alpha value is -2.83. The summed E-state index contributed by atoms with van der Waals surface area (Å²) in [6, 6.07) is 8.68. The van der Waals surface area contributed by atoms with Crippen LogP contribution in [0.4, 0.5) is 4.79 Å². The van der Waals surface area contributed by atoms with Crippen molar-refractivity contribution in [3.05, 3.63) is 48.6 Å². The Kier molecular flexibility index (Phi) is 10.3. The zero-order valence-corrected chi connectivity index (χ0v) is 16.1. The van der Waals surface area contributed by atoms with Gasteiger partial charge < -0.3 is 20.3 Å². The predicted molar refractivity (Wildman–Crippen MR) is 104 cm³/mol. The molecule has 0 aliphatic heterocycles. The van der Waals surface area contributed by atoms with Crippen molar-refractivity contribution in [1.82, 2.24) is 15.5 Å². The molecule has 0 saturated carbocycles. The maximum absolute atomic E-state index is 12.5. The van der Waals surface area contributed by atoms with Gasteiger partial charge in [-0.3, -0.25) is 9.59 Å². The van der Waals surface area contributed by atoms with E-state index in [1.54, 1.807) is 11.9 Å². The number of hydrogen-bond donors (Lipinski definition) is 2. The van der Waals surface area contributed by atoms with Crippen LogP contribution in [0.2, 0.25) is 0 Å². The van der Waals surface area contributed by atoms with Crippen molar-refractivity contribution in [2.24, 2.45) is 0 Å². The first-order valence-electron chi connectivity index (χ1n) is 9.10. The highest BCUT2D eigenvalue weighted by molar-refractivity contribution is 5.86. The topological polar surface area (TPSA) is 87.7 Å². The Labute approximate surface area is 160 Å². The molecule has 0 aromatic heterocycles. The van der Waals surface area contributed by atoms with E-state index in [0.717, 1.165) is 5.56 Å². The Balaban J connectivity index is 2.49. The highest BCUT2D eigenvalue weighted by Crippen LogP contribution is 2.06. The van der Waals surface area contributed by atoms with E-state index < -0.39 is 12.1 Å². The van der Waals surface area contributed by atoms with Crippen LogP contribution in [0.25, 0.3) is 0 Å². The summed E-state index contributed by atoms with van der Waals surface area (Å²) in [5.74, 6) is -0.389. The quantitative estimate of drug-likeness (QED) is 0.459. The average Bonchev–Trinajstić information content (AvgIpc) is 2.70. The summed E-state index contributed by atoms with van der Waals surface area (Å²) in [6.45, 7) is 6.44. The van der Waals surface area contributed by atoms with Crippen molar-refractivity contribution in [2.45, 2.75) is 38.8 Å². The molecule has 0 bridgehead atoms. The number of amides is 3. The second-order valence-corrected chi connectivity index (χ2v) is 6.10. The minimum absolute atomic E-state index is 0.144. The number of ether oxygens (including phenoxy) is 1. The second kappa shape index (κ2) is 12.5. The molecule has 148 valence electrons. The molecule has 0 aliphatic carbocycles. The van der Waals surface area contributed by atoms with Gasteiger partial charge in [0.2, 0.25) is 11.8 Å². The number of carbonyl (C=O) groups is 3. The van der Waals surface area contributed by atoms with E-state index in [0.29, 0.717) is 32.4 Å². The number of nitrogens with one attached hydrogen (secondary N) is 2. The molecule has 3 amide bonds. The molecular formula is C20H29N3O4. The van der Waals surface area contributed by atoms with E-state index in [1.165, 1.54) is 6.08 Å². The Bertz CT molecular complexity index is 619. The number of rotatable bonds is 11. The van der Waals surface area contributed by atoms with E-state index >= 15 is 0 Å². The Morgan fingerprint density at radius 1 is 1.22 bits per heavy atom. The monoisotopic (exact) mass is 375 g/mol. The van der Waals surface area contributed by atoms with Crippen LogP contribution in [0.5, 0.6) is 0 Å². The van der Waals surface area contributed by atoms with Crippen LogP contribution in [-0.2, 0) is 20.9 Å². The minimum atomic E-state index is -0.659. The highest BCUT2D eigenvalue weighted by Gasteiger charge is 2.23. The molecule has 0 saturated heterocycles. The van der Waals surface area contributed by atoms with Crippen LogP contribution < -0.4 is 10.6 Å². The number of carbonyl (C=O) groups excluding carboxylic acids is 3. The molecule has 0 radical (unpaired) electrons. The average molecular weight is 375 g/mol. The number of benzene rings is 1. The summed E-state index contributed by atoms with van der Waals surface area (Å²) in [5.41, 5.74) is 0.874. The normalized spacial score (nSPS) is 11.2. The van der Waals surface area contributed by atoms with Crippen molar-refractivity contribution in [1.29, 1.82) is 0 Å². The molecule has 1 rings (SSSR count). The first kappa shape index (κ1) is 22.2. The summed E-state index contributed by atoms with van der Waals surface area (Å²) in [7, 11) is 1.69. The van der Waals surface area contributed by atoms with Crippen molar-refractivity contribution in [3.8, 4) is 0 Å². The van der Waals surface area contributed by atoms with Gasteiger partial charge >= 0.3 is 6.09 Å². The van der Waals surface area contributed by atoms with Crippen LogP contribution in [0, 0.1) is 0 Å². The minimum Gasteiger partial charge on any atom is -0.445 e. The van der Waals surface area contributed by atoms with Gasteiger partial charge in [-0.2, -0.15) is 0 Å². The Morgan fingerprint density at radius 3 is 2.56 bits per heavy atom. The smallest absolute Gasteiger partial charge is 0.408 e. The third kappa shape index (κ3) is 8.89. The fourth-order valence-electron chi connectivity index (χ4n) is 2.34. The zero-order valence-electron chi connectivity index (χ0n) is 16.1. The lowest BCUT2D eigenvalue weighted by Crippen LogP contribution is -2.47. The molecular weight excluding hydrogens is 346 g/mol. The standard InChI is InChI=1S/C20H29N3O4/c1-4-18(24)21-14-10-9-13-17(19(25)23(3)5-2)22-20(26)27-15-16-11-7-6-8-12-16/h4,6-8,11-12,17H,1,5,9-10,13-15H2,2-3H3,(H,21,24)(H,22,26)/t17-/m0/s1. The molecule has 0 spiro atoms. The van der Waals surface area contributed by atoms with Gasteiger partial charge in [-0.1, -0.05) is 36.9 Å². The summed E-state index contributed by atoms with van der Waals surface area (Å²) >= 11 is 0. The van der Waals surface area contributed by atoms with E-state index in [9.17, 15) is 14.4 Å². The third-order valence-electron chi connectivity index (χ3n) is 4.06. The second-order valence-electron chi connectivity index (χ2n) is 6.10.